The highest BCUT2D eigenvalue weighted by molar-refractivity contribution is 6.06. The largest absolute Gasteiger partial charge is 0.385 e. The van der Waals surface area contributed by atoms with Crippen molar-refractivity contribution < 1.29 is 9.53 Å². The van der Waals surface area contributed by atoms with Crippen LogP contribution in [0.3, 0.4) is 0 Å². The number of carbonyl (C=O) groups excluding carboxylic acids is 1. The maximum absolute atomic E-state index is 11.7. The van der Waals surface area contributed by atoms with Crippen LogP contribution in [0.4, 0.5) is 4.79 Å². The van der Waals surface area contributed by atoms with Gasteiger partial charge in [0.1, 0.15) is 11.4 Å². The minimum Gasteiger partial charge on any atom is -0.385 e. The normalized spacial score (nSPS) is 23.9. The van der Waals surface area contributed by atoms with E-state index in [1.165, 1.54) is 0 Å². The minimum atomic E-state index is -0.282. The van der Waals surface area contributed by atoms with Gasteiger partial charge in [-0.3, -0.25) is 0 Å². The Hall–Kier alpha value is -1.10. The number of nitrogens with two attached hydrogens (primary N) is 1. The van der Waals surface area contributed by atoms with Gasteiger partial charge < -0.3 is 15.4 Å². The van der Waals surface area contributed by atoms with E-state index in [1.54, 1.807) is 12.0 Å². The van der Waals surface area contributed by atoms with Crippen LogP contribution in [0.2, 0.25) is 0 Å². The number of rotatable bonds is 3. The zero-order valence-corrected chi connectivity index (χ0v) is 9.03. The highest BCUT2D eigenvalue weighted by Gasteiger charge is 2.49. The van der Waals surface area contributed by atoms with E-state index in [1.807, 2.05) is 0 Å². The van der Waals surface area contributed by atoms with Gasteiger partial charge in [0.05, 0.1) is 6.61 Å². The summed E-state index contributed by atoms with van der Waals surface area (Å²) in [6.45, 7) is 1.12. The van der Waals surface area contributed by atoms with E-state index in [4.69, 9.17) is 10.5 Å². The number of amides is 2. The molecule has 0 aromatic heterocycles. The first-order chi connectivity index (χ1) is 7.20. The molecule has 0 bridgehead atoms. The van der Waals surface area contributed by atoms with E-state index < -0.39 is 0 Å². The second-order valence-electron chi connectivity index (χ2n) is 4.16. The van der Waals surface area contributed by atoms with Gasteiger partial charge >= 0.3 is 6.03 Å². The van der Waals surface area contributed by atoms with Crippen LogP contribution in [0.5, 0.6) is 0 Å². The summed E-state index contributed by atoms with van der Waals surface area (Å²) in [4.78, 5) is 17.3. The topological polar surface area (TPSA) is 67.9 Å². The third kappa shape index (κ3) is 1.51. The van der Waals surface area contributed by atoms with E-state index in [9.17, 15) is 4.79 Å². The molecule has 0 aromatic carbocycles. The highest BCUT2D eigenvalue weighted by Crippen LogP contribution is 2.38. The molecule has 2 N–H and O–H groups in total. The van der Waals surface area contributed by atoms with Crippen LogP contribution in [-0.2, 0) is 4.74 Å². The van der Waals surface area contributed by atoms with Crippen molar-refractivity contribution >= 4 is 11.9 Å². The Bertz CT molecular complexity index is 295. The van der Waals surface area contributed by atoms with Crippen LogP contribution in [0.15, 0.2) is 4.99 Å². The number of amidine groups is 1. The molecule has 5 heteroatoms. The molecule has 84 valence electrons. The van der Waals surface area contributed by atoms with Crippen LogP contribution in [0.1, 0.15) is 25.7 Å². The summed E-state index contributed by atoms with van der Waals surface area (Å²) in [5.74, 6) is 0.501. The summed E-state index contributed by atoms with van der Waals surface area (Å²) >= 11 is 0. The number of hydrogen-bond acceptors (Lipinski definition) is 3. The molecule has 2 amide bonds. The van der Waals surface area contributed by atoms with Crippen LogP contribution >= 0.6 is 0 Å². The number of nitrogens with zero attached hydrogens (tertiary/aromatic N) is 2. The zero-order chi connectivity index (χ0) is 10.9. The second-order valence-corrected chi connectivity index (χ2v) is 4.16. The monoisotopic (exact) mass is 211 g/mol. The number of aliphatic imine (C=N–C) groups is 1. The molecule has 0 atom stereocenters. The number of methoxy groups -OCH3 is 1. The van der Waals surface area contributed by atoms with Crippen LogP contribution in [-0.4, -0.2) is 42.6 Å². The summed E-state index contributed by atoms with van der Waals surface area (Å²) in [6.07, 6.45) is 4.12. The SMILES string of the molecule is COCCN1C(=O)N=C(N)C12CCCC2. The van der Waals surface area contributed by atoms with Gasteiger partial charge in [0, 0.05) is 13.7 Å². The first-order valence-electron chi connectivity index (χ1n) is 5.36. The van der Waals surface area contributed by atoms with Gasteiger partial charge in [-0.25, -0.2) is 4.79 Å². The maximum atomic E-state index is 11.7. The Morgan fingerprint density at radius 3 is 2.80 bits per heavy atom. The van der Waals surface area contributed by atoms with Crippen molar-refractivity contribution in [1.82, 2.24) is 4.90 Å². The molecular weight excluding hydrogens is 194 g/mol. The number of urea groups is 1. The fourth-order valence-electron chi connectivity index (χ4n) is 2.57. The third-order valence-corrected chi connectivity index (χ3v) is 3.39. The van der Waals surface area contributed by atoms with Crippen molar-refractivity contribution in [2.24, 2.45) is 10.7 Å². The van der Waals surface area contributed by atoms with E-state index in [-0.39, 0.29) is 11.6 Å². The summed E-state index contributed by atoms with van der Waals surface area (Å²) in [5, 5.41) is 0. The molecule has 0 radical (unpaired) electrons. The highest BCUT2D eigenvalue weighted by atomic mass is 16.5. The lowest BCUT2D eigenvalue weighted by Crippen LogP contribution is -2.53. The Kier molecular flexibility index (Phi) is 2.65. The van der Waals surface area contributed by atoms with E-state index in [0.717, 1.165) is 25.7 Å². The lowest BCUT2D eigenvalue weighted by molar-refractivity contribution is 0.124. The van der Waals surface area contributed by atoms with Crippen molar-refractivity contribution in [3.05, 3.63) is 0 Å². The first-order valence-corrected chi connectivity index (χ1v) is 5.36. The molecule has 1 saturated carbocycles. The zero-order valence-electron chi connectivity index (χ0n) is 9.03. The molecule has 2 rings (SSSR count). The second kappa shape index (κ2) is 3.81. The third-order valence-electron chi connectivity index (χ3n) is 3.39. The molecule has 0 aromatic rings. The van der Waals surface area contributed by atoms with Gasteiger partial charge in [0.15, 0.2) is 0 Å². The Morgan fingerprint density at radius 2 is 2.20 bits per heavy atom. The molecule has 1 fully saturated rings. The Balaban J connectivity index is 2.17. The summed E-state index contributed by atoms with van der Waals surface area (Å²) in [6, 6.07) is -0.202. The van der Waals surface area contributed by atoms with Gasteiger partial charge in [-0.05, 0) is 12.8 Å². The van der Waals surface area contributed by atoms with E-state index >= 15 is 0 Å². The summed E-state index contributed by atoms with van der Waals surface area (Å²) in [7, 11) is 1.63. The van der Waals surface area contributed by atoms with Gasteiger partial charge in [-0.2, -0.15) is 4.99 Å². The number of hydrogen-bond donors (Lipinski definition) is 1. The Morgan fingerprint density at radius 1 is 1.53 bits per heavy atom. The van der Waals surface area contributed by atoms with Crippen molar-refractivity contribution in [2.45, 2.75) is 31.2 Å². The maximum Gasteiger partial charge on any atom is 0.346 e. The fraction of sp³-hybridized carbons (Fsp3) is 0.800. The molecule has 1 spiro atoms. The van der Waals surface area contributed by atoms with E-state index in [0.29, 0.717) is 19.0 Å². The van der Waals surface area contributed by atoms with Gasteiger partial charge in [-0.1, -0.05) is 12.8 Å². The molecule has 1 heterocycles. The molecule has 1 aliphatic carbocycles. The van der Waals surface area contributed by atoms with Gasteiger partial charge in [0.2, 0.25) is 0 Å². The predicted octanol–water partition coefficient (Wildman–Crippen LogP) is 0.738. The van der Waals surface area contributed by atoms with Crippen molar-refractivity contribution in [3.63, 3.8) is 0 Å². The van der Waals surface area contributed by atoms with Crippen molar-refractivity contribution in [2.75, 3.05) is 20.3 Å². The smallest absolute Gasteiger partial charge is 0.346 e. The average molecular weight is 211 g/mol. The first kappa shape index (κ1) is 10.4. The van der Waals surface area contributed by atoms with Crippen LogP contribution in [0.25, 0.3) is 0 Å². The molecular formula is C10H17N3O2. The number of ether oxygens (including phenoxy) is 1. The Labute approximate surface area is 89.3 Å². The molecule has 0 unspecified atom stereocenters. The standard InChI is InChI=1S/C10H17N3O2/c1-15-7-6-13-9(14)12-8(11)10(13)4-2-3-5-10/h2-7H2,1H3,(H2,11,12,14). The fourth-order valence-corrected chi connectivity index (χ4v) is 2.57. The lowest BCUT2D eigenvalue weighted by Gasteiger charge is -2.34. The quantitative estimate of drug-likeness (QED) is 0.748. The van der Waals surface area contributed by atoms with Crippen molar-refractivity contribution in [1.29, 1.82) is 0 Å². The van der Waals surface area contributed by atoms with Crippen molar-refractivity contribution in [3.8, 4) is 0 Å². The molecule has 5 nitrogen and oxygen atoms in total. The van der Waals surface area contributed by atoms with Crippen LogP contribution < -0.4 is 5.73 Å². The van der Waals surface area contributed by atoms with Crippen LogP contribution in [0, 0.1) is 0 Å². The molecule has 0 saturated heterocycles. The van der Waals surface area contributed by atoms with E-state index in [2.05, 4.69) is 4.99 Å². The average Bonchev–Trinajstić information content (AvgIpc) is 2.75. The number of carbonyl (C=O) groups is 1. The lowest BCUT2D eigenvalue weighted by atomic mass is 9.95. The predicted molar refractivity (Wildman–Crippen MR) is 56.8 cm³/mol. The molecule has 15 heavy (non-hydrogen) atoms. The van der Waals surface area contributed by atoms with Gasteiger partial charge in [0.25, 0.3) is 0 Å². The molecule has 1 aliphatic heterocycles. The molecule has 2 aliphatic rings. The minimum absolute atomic E-state index is 0.202. The summed E-state index contributed by atoms with van der Waals surface area (Å²) in [5.41, 5.74) is 5.59. The van der Waals surface area contributed by atoms with Gasteiger partial charge in [-0.15, -0.1) is 0 Å². The summed E-state index contributed by atoms with van der Waals surface area (Å²) < 4.78 is 5.00.